The quantitative estimate of drug-likeness (QED) is 0.574. The Morgan fingerprint density at radius 3 is 2.69 bits per heavy atom. The molecule has 0 aliphatic heterocycles. The second kappa shape index (κ2) is 8.75. The van der Waals surface area contributed by atoms with Crippen LogP contribution in [0.3, 0.4) is 0 Å². The molecule has 0 radical (unpaired) electrons. The van der Waals surface area contributed by atoms with Gasteiger partial charge < -0.3 is 10.2 Å². The maximum absolute atomic E-state index is 12.2. The molecule has 1 N–H and O–H groups in total. The molecule has 1 aromatic heterocycles. The van der Waals surface area contributed by atoms with Gasteiger partial charge in [-0.15, -0.1) is 0 Å². The van der Waals surface area contributed by atoms with Crippen molar-refractivity contribution < 1.29 is 14.5 Å². The molecule has 9 nitrogen and oxygen atoms in total. The summed E-state index contributed by atoms with van der Waals surface area (Å²) in [5.41, 5.74) is 1.37. The van der Waals surface area contributed by atoms with Gasteiger partial charge in [0.2, 0.25) is 11.8 Å². The van der Waals surface area contributed by atoms with Crippen LogP contribution in [0.15, 0.2) is 36.7 Å². The van der Waals surface area contributed by atoms with E-state index in [-0.39, 0.29) is 30.5 Å². The third kappa shape index (κ3) is 5.13. The fourth-order valence-corrected chi connectivity index (χ4v) is 2.43. The van der Waals surface area contributed by atoms with E-state index in [4.69, 9.17) is 0 Å². The molecule has 9 heteroatoms. The third-order valence-electron chi connectivity index (χ3n) is 3.88. The van der Waals surface area contributed by atoms with Crippen molar-refractivity contribution in [3.8, 4) is 0 Å². The molecule has 1 aromatic carbocycles. The summed E-state index contributed by atoms with van der Waals surface area (Å²) in [4.78, 5) is 35.6. The van der Waals surface area contributed by atoms with Gasteiger partial charge in [-0.25, -0.2) is 0 Å². The molecule has 0 atom stereocenters. The van der Waals surface area contributed by atoms with Crippen molar-refractivity contribution in [3.63, 3.8) is 0 Å². The number of aryl methyl sites for hydroxylation is 1. The molecule has 2 amide bonds. The van der Waals surface area contributed by atoms with Gasteiger partial charge in [0, 0.05) is 38.7 Å². The van der Waals surface area contributed by atoms with Crippen LogP contribution in [0.5, 0.6) is 0 Å². The van der Waals surface area contributed by atoms with Gasteiger partial charge >= 0.3 is 5.69 Å². The highest BCUT2D eigenvalue weighted by atomic mass is 16.6. The van der Waals surface area contributed by atoms with Crippen molar-refractivity contribution in [2.24, 2.45) is 0 Å². The molecule has 2 rings (SSSR count). The third-order valence-corrected chi connectivity index (χ3v) is 3.88. The van der Waals surface area contributed by atoms with E-state index < -0.39 is 4.92 Å². The van der Waals surface area contributed by atoms with Crippen LogP contribution in [-0.4, -0.2) is 38.0 Å². The number of nitro groups is 1. The van der Waals surface area contributed by atoms with E-state index in [1.807, 2.05) is 19.1 Å². The Morgan fingerprint density at radius 2 is 2.08 bits per heavy atom. The predicted octanol–water partition coefficient (Wildman–Crippen LogP) is 2.19. The van der Waals surface area contributed by atoms with E-state index in [2.05, 4.69) is 10.4 Å². The van der Waals surface area contributed by atoms with Crippen molar-refractivity contribution in [2.45, 2.75) is 33.4 Å². The molecule has 0 saturated carbocycles. The molecule has 2 aromatic rings. The Hall–Kier alpha value is -3.23. The first-order valence-corrected chi connectivity index (χ1v) is 8.20. The zero-order valence-corrected chi connectivity index (χ0v) is 14.7. The Kier molecular flexibility index (Phi) is 6.42. The molecule has 138 valence electrons. The fraction of sp³-hybridized carbons (Fsp3) is 0.353. The summed E-state index contributed by atoms with van der Waals surface area (Å²) in [7, 11) is 0. The number of rotatable bonds is 8. The zero-order valence-electron chi connectivity index (χ0n) is 14.7. The van der Waals surface area contributed by atoms with E-state index in [9.17, 15) is 19.7 Å². The second-order valence-electron chi connectivity index (χ2n) is 5.71. The number of benzene rings is 1. The maximum atomic E-state index is 12.2. The Labute approximate surface area is 150 Å². The number of carbonyl (C=O) groups excluding carboxylic acids is 2. The lowest BCUT2D eigenvalue weighted by atomic mass is 10.1. The van der Waals surface area contributed by atoms with E-state index >= 15 is 0 Å². The summed E-state index contributed by atoms with van der Waals surface area (Å²) >= 11 is 0. The minimum Gasteiger partial charge on any atom is -0.339 e. The van der Waals surface area contributed by atoms with Gasteiger partial charge in [0.05, 0.1) is 4.92 Å². The summed E-state index contributed by atoms with van der Waals surface area (Å²) < 4.78 is 1.36. The SMILES string of the molecule is CCN(Cc1ccccc1NC(=O)CCn1cc([N+](=O)[O-])cn1)C(C)=O. The van der Waals surface area contributed by atoms with Crippen LogP contribution >= 0.6 is 0 Å². The lowest BCUT2D eigenvalue weighted by molar-refractivity contribution is -0.385. The lowest BCUT2D eigenvalue weighted by Crippen LogP contribution is -2.28. The van der Waals surface area contributed by atoms with Gasteiger partial charge in [-0.2, -0.15) is 5.10 Å². The number of nitrogens with one attached hydrogen (secondary N) is 1. The normalized spacial score (nSPS) is 10.4. The summed E-state index contributed by atoms with van der Waals surface area (Å²) in [6.07, 6.45) is 2.55. The first-order valence-electron chi connectivity index (χ1n) is 8.20. The number of nitrogens with zero attached hydrogens (tertiary/aromatic N) is 4. The van der Waals surface area contributed by atoms with Gasteiger partial charge in [0.15, 0.2) is 0 Å². The standard InChI is InChI=1S/C17H21N5O4/c1-3-20(13(2)23)11-14-6-4-5-7-16(14)19-17(24)8-9-21-12-15(10-18-21)22(25)26/h4-7,10,12H,3,8-9,11H2,1-2H3,(H,19,24). The van der Waals surface area contributed by atoms with Crippen LogP contribution in [0, 0.1) is 10.1 Å². The molecule has 0 bridgehead atoms. The molecular weight excluding hydrogens is 338 g/mol. The Morgan fingerprint density at radius 1 is 1.35 bits per heavy atom. The molecule has 0 fully saturated rings. The molecule has 0 saturated heterocycles. The van der Waals surface area contributed by atoms with Crippen LogP contribution in [0.4, 0.5) is 11.4 Å². The van der Waals surface area contributed by atoms with Gasteiger partial charge in [-0.05, 0) is 18.6 Å². The van der Waals surface area contributed by atoms with E-state index in [0.717, 1.165) is 11.8 Å². The number of hydrogen-bond acceptors (Lipinski definition) is 5. The van der Waals surface area contributed by atoms with Crippen LogP contribution in [-0.2, 0) is 22.7 Å². The summed E-state index contributed by atoms with van der Waals surface area (Å²) in [5, 5.41) is 17.3. The monoisotopic (exact) mass is 359 g/mol. The molecule has 0 spiro atoms. The van der Waals surface area contributed by atoms with Crippen molar-refractivity contribution in [3.05, 3.63) is 52.3 Å². The van der Waals surface area contributed by atoms with Crippen molar-refractivity contribution in [1.29, 1.82) is 0 Å². The predicted molar refractivity (Wildman–Crippen MR) is 95.3 cm³/mol. The summed E-state index contributed by atoms with van der Waals surface area (Å²) in [5.74, 6) is -0.268. The molecule has 1 heterocycles. The number of anilines is 1. The Balaban J connectivity index is 1.97. The number of amides is 2. The van der Waals surface area contributed by atoms with Gasteiger partial charge in [0.25, 0.3) is 0 Å². The Bertz CT molecular complexity index is 802. The van der Waals surface area contributed by atoms with Crippen LogP contribution in [0.2, 0.25) is 0 Å². The second-order valence-corrected chi connectivity index (χ2v) is 5.71. The lowest BCUT2D eigenvalue weighted by Gasteiger charge is -2.21. The maximum Gasteiger partial charge on any atom is 0.306 e. The van der Waals surface area contributed by atoms with Crippen LogP contribution in [0.25, 0.3) is 0 Å². The summed E-state index contributed by atoms with van der Waals surface area (Å²) in [6.45, 7) is 4.62. The molecule has 0 aliphatic carbocycles. The van der Waals surface area contributed by atoms with Crippen LogP contribution < -0.4 is 5.32 Å². The van der Waals surface area contributed by atoms with Crippen molar-refractivity contribution in [2.75, 3.05) is 11.9 Å². The topological polar surface area (TPSA) is 110 Å². The number of hydrogen-bond donors (Lipinski definition) is 1. The van der Waals surface area contributed by atoms with Crippen molar-refractivity contribution >= 4 is 23.2 Å². The van der Waals surface area contributed by atoms with Gasteiger partial charge in [0.1, 0.15) is 12.4 Å². The number of carbonyl (C=O) groups is 2. The average molecular weight is 359 g/mol. The van der Waals surface area contributed by atoms with E-state index in [1.165, 1.54) is 17.8 Å². The smallest absolute Gasteiger partial charge is 0.306 e. The zero-order chi connectivity index (χ0) is 19.1. The van der Waals surface area contributed by atoms with Crippen LogP contribution in [0.1, 0.15) is 25.8 Å². The first kappa shape index (κ1) is 19.1. The molecule has 26 heavy (non-hydrogen) atoms. The highest BCUT2D eigenvalue weighted by molar-refractivity contribution is 5.91. The van der Waals surface area contributed by atoms with E-state index in [0.29, 0.717) is 18.8 Å². The minimum atomic E-state index is -0.533. The molecule has 0 unspecified atom stereocenters. The van der Waals surface area contributed by atoms with E-state index in [1.54, 1.807) is 17.0 Å². The first-order chi connectivity index (χ1) is 12.4. The highest BCUT2D eigenvalue weighted by Gasteiger charge is 2.13. The van der Waals surface area contributed by atoms with Gasteiger partial charge in [-0.1, -0.05) is 18.2 Å². The average Bonchev–Trinajstić information content (AvgIpc) is 3.08. The summed E-state index contributed by atoms with van der Waals surface area (Å²) in [6, 6.07) is 7.29. The largest absolute Gasteiger partial charge is 0.339 e. The number of para-hydroxylation sites is 1. The molecular formula is C17H21N5O4. The fourth-order valence-electron chi connectivity index (χ4n) is 2.43. The minimum absolute atomic E-state index is 0.0334. The highest BCUT2D eigenvalue weighted by Crippen LogP contribution is 2.18. The van der Waals surface area contributed by atoms with Gasteiger partial charge in [-0.3, -0.25) is 24.4 Å². The molecule has 0 aliphatic rings. The van der Waals surface area contributed by atoms with Crippen molar-refractivity contribution in [1.82, 2.24) is 14.7 Å². The number of aromatic nitrogens is 2.